The number of carbonyl (C=O) groups excluding carboxylic acids is 1. The molecule has 2 unspecified atom stereocenters. The van der Waals surface area contributed by atoms with Crippen LogP contribution in [-0.4, -0.2) is 41.8 Å². The highest BCUT2D eigenvalue weighted by molar-refractivity contribution is 5.69. The predicted octanol–water partition coefficient (Wildman–Crippen LogP) is 6.29. The third-order valence-corrected chi connectivity index (χ3v) is 5.56. The highest BCUT2D eigenvalue weighted by Crippen LogP contribution is 2.12. The summed E-state index contributed by atoms with van der Waals surface area (Å²) in [5.41, 5.74) is 0. The molecule has 5 nitrogen and oxygen atoms in total. The zero-order chi connectivity index (χ0) is 22.3. The fraction of sp³-hybridized carbons (Fsp3) is 0.960. The van der Waals surface area contributed by atoms with Gasteiger partial charge >= 0.3 is 5.97 Å². The first-order valence-electron chi connectivity index (χ1n) is 12.8. The fourth-order valence-corrected chi connectivity index (χ4v) is 3.55. The highest BCUT2D eigenvalue weighted by atomic mass is 16.7. The standard InChI is InChI=1S/C25H50O5/c1-3-5-7-9-11-13-14-16-18-20-24(27)30-25(28)23(22-26)29-21-19-17-15-12-10-8-6-4-2/h23,25-26,28H,3-22H2,1-2H3. The van der Waals surface area contributed by atoms with Gasteiger partial charge in [0.2, 0.25) is 6.29 Å². The van der Waals surface area contributed by atoms with Gasteiger partial charge in [0.1, 0.15) is 6.10 Å². The van der Waals surface area contributed by atoms with E-state index in [9.17, 15) is 15.0 Å². The summed E-state index contributed by atoms with van der Waals surface area (Å²) >= 11 is 0. The summed E-state index contributed by atoms with van der Waals surface area (Å²) in [5.74, 6) is -0.417. The van der Waals surface area contributed by atoms with Crippen LogP contribution in [0.4, 0.5) is 0 Å². The van der Waals surface area contributed by atoms with Crippen molar-refractivity contribution in [3.63, 3.8) is 0 Å². The first kappa shape index (κ1) is 29.4. The number of esters is 1. The van der Waals surface area contributed by atoms with E-state index in [-0.39, 0.29) is 6.61 Å². The molecule has 0 aliphatic carbocycles. The number of unbranched alkanes of at least 4 members (excludes halogenated alkanes) is 15. The quantitative estimate of drug-likeness (QED) is 0.113. The van der Waals surface area contributed by atoms with Gasteiger partial charge in [0, 0.05) is 13.0 Å². The van der Waals surface area contributed by atoms with Crippen LogP contribution in [-0.2, 0) is 14.3 Å². The summed E-state index contributed by atoms with van der Waals surface area (Å²) in [6.45, 7) is 4.55. The van der Waals surface area contributed by atoms with Gasteiger partial charge in [0.05, 0.1) is 6.61 Å². The number of hydrogen-bond acceptors (Lipinski definition) is 5. The van der Waals surface area contributed by atoms with Crippen LogP contribution in [0.3, 0.4) is 0 Å². The number of aliphatic hydroxyl groups is 2. The number of carbonyl (C=O) groups is 1. The van der Waals surface area contributed by atoms with Crippen LogP contribution in [0.15, 0.2) is 0 Å². The molecule has 30 heavy (non-hydrogen) atoms. The molecule has 0 aromatic carbocycles. The summed E-state index contributed by atoms with van der Waals surface area (Å²) in [5, 5.41) is 19.4. The minimum Gasteiger partial charge on any atom is -0.433 e. The van der Waals surface area contributed by atoms with E-state index in [1.54, 1.807) is 0 Å². The Hall–Kier alpha value is -0.650. The van der Waals surface area contributed by atoms with E-state index in [1.807, 2.05) is 0 Å². The number of ether oxygens (including phenoxy) is 2. The second kappa shape index (κ2) is 23.0. The molecule has 0 aromatic heterocycles. The molecule has 5 heteroatoms. The minimum absolute atomic E-state index is 0.309. The van der Waals surface area contributed by atoms with Crippen molar-refractivity contribution >= 4 is 5.97 Å². The lowest BCUT2D eigenvalue weighted by atomic mass is 10.1. The zero-order valence-electron chi connectivity index (χ0n) is 19.9. The molecule has 2 atom stereocenters. The van der Waals surface area contributed by atoms with Crippen molar-refractivity contribution in [2.24, 2.45) is 0 Å². The molecule has 0 aliphatic heterocycles. The first-order valence-corrected chi connectivity index (χ1v) is 12.8. The van der Waals surface area contributed by atoms with Gasteiger partial charge in [0.25, 0.3) is 0 Å². The van der Waals surface area contributed by atoms with Gasteiger partial charge in [-0.15, -0.1) is 0 Å². The number of rotatable bonds is 23. The van der Waals surface area contributed by atoms with Gasteiger partial charge in [-0.2, -0.15) is 0 Å². The third-order valence-electron chi connectivity index (χ3n) is 5.56. The third kappa shape index (κ3) is 19.3. The predicted molar refractivity (Wildman–Crippen MR) is 123 cm³/mol. The lowest BCUT2D eigenvalue weighted by molar-refractivity contribution is -0.199. The Morgan fingerprint density at radius 2 is 1.13 bits per heavy atom. The summed E-state index contributed by atoms with van der Waals surface area (Å²) in [6.07, 6.45) is 18.3. The molecular weight excluding hydrogens is 380 g/mol. The molecule has 0 bridgehead atoms. The number of aliphatic hydroxyl groups excluding tert-OH is 2. The Balaban J connectivity index is 3.64. The SMILES string of the molecule is CCCCCCCCCCCC(=O)OC(O)C(CO)OCCCCCCCCCC. The van der Waals surface area contributed by atoms with Crippen molar-refractivity contribution in [2.45, 2.75) is 142 Å². The summed E-state index contributed by atoms with van der Waals surface area (Å²) in [4.78, 5) is 11.9. The second-order valence-corrected chi connectivity index (χ2v) is 8.53. The van der Waals surface area contributed by atoms with Gasteiger partial charge in [-0.1, -0.05) is 110 Å². The molecule has 0 spiro atoms. The Morgan fingerprint density at radius 1 is 0.700 bits per heavy atom. The van der Waals surface area contributed by atoms with Gasteiger partial charge < -0.3 is 19.7 Å². The van der Waals surface area contributed by atoms with Gasteiger partial charge in [-0.05, 0) is 12.8 Å². The smallest absolute Gasteiger partial charge is 0.308 e. The highest BCUT2D eigenvalue weighted by Gasteiger charge is 2.22. The van der Waals surface area contributed by atoms with Crippen molar-refractivity contribution in [3.8, 4) is 0 Å². The van der Waals surface area contributed by atoms with Crippen LogP contribution in [0.5, 0.6) is 0 Å². The van der Waals surface area contributed by atoms with Gasteiger partial charge in [-0.25, -0.2) is 0 Å². The monoisotopic (exact) mass is 430 g/mol. The topological polar surface area (TPSA) is 76.0 Å². The maximum Gasteiger partial charge on any atom is 0.308 e. The van der Waals surface area contributed by atoms with E-state index < -0.39 is 18.4 Å². The molecule has 2 N–H and O–H groups in total. The van der Waals surface area contributed by atoms with Crippen molar-refractivity contribution in [2.75, 3.05) is 13.2 Å². The van der Waals surface area contributed by atoms with Crippen molar-refractivity contribution in [1.29, 1.82) is 0 Å². The molecule has 0 amide bonds. The largest absolute Gasteiger partial charge is 0.433 e. The van der Waals surface area contributed by atoms with E-state index in [1.165, 1.54) is 77.0 Å². The molecule has 0 saturated heterocycles. The normalized spacial score (nSPS) is 13.3. The summed E-state index contributed by atoms with van der Waals surface area (Å²) in [7, 11) is 0. The molecule has 0 saturated carbocycles. The molecule has 0 heterocycles. The van der Waals surface area contributed by atoms with E-state index in [2.05, 4.69) is 13.8 Å². The number of hydrogen-bond donors (Lipinski definition) is 2. The molecule has 180 valence electrons. The van der Waals surface area contributed by atoms with Gasteiger partial charge in [-0.3, -0.25) is 4.79 Å². The van der Waals surface area contributed by atoms with Crippen LogP contribution in [0.25, 0.3) is 0 Å². The molecular formula is C25H50O5. The Kier molecular flexibility index (Phi) is 22.5. The van der Waals surface area contributed by atoms with Crippen LogP contribution in [0, 0.1) is 0 Å². The average molecular weight is 431 g/mol. The van der Waals surface area contributed by atoms with Crippen molar-refractivity contribution in [3.05, 3.63) is 0 Å². The molecule has 0 aliphatic rings. The van der Waals surface area contributed by atoms with Crippen molar-refractivity contribution in [1.82, 2.24) is 0 Å². The molecule has 0 aromatic rings. The second-order valence-electron chi connectivity index (χ2n) is 8.53. The molecule has 0 radical (unpaired) electrons. The van der Waals surface area contributed by atoms with Crippen molar-refractivity contribution < 1.29 is 24.5 Å². The summed E-state index contributed by atoms with van der Waals surface area (Å²) in [6, 6.07) is 0. The van der Waals surface area contributed by atoms with Gasteiger partial charge in [0.15, 0.2) is 0 Å². The maximum absolute atomic E-state index is 11.9. The van der Waals surface area contributed by atoms with E-state index >= 15 is 0 Å². The van der Waals surface area contributed by atoms with E-state index in [0.717, 1.165) is 32.1 Å². The first-order chi connectivity index (χ1) is 14.7. The lowest BCUT2D eigenvalue weighted by Crippen LogP contribution is -2.36. The molecule has 0 rings (SSSR count). The van der Waals surface area contributed by atoms with E-state index in [4.69, 9.17) is 9.47 Å². The Bertz CT molecular complexity index is 361. The summed E-state index contributed by atoms with van der Waals surface area (Å²) < 4.78 is 10.6. The average Bonchev–Trinajstić information content (AvgIpc) is 2.74. The van der Waals surface area contributed by atoms with Crippen LogP contribution >= 0.6 is 0 Å². The zero-order valence-corrected chi connectivity index (χ0v) is 19.9. The van der Waals surface area contributed by atoms with Crippen LogP contribution < -0.4 is 0 Å². The van der Waals surface area contributed by atoms with E-state index in [0.29, 0.717) is 13.0 Å². The Labute approximate surface area is 185 Å². The molecule has 0 fully saturated rings. The maximum atomic E-state index is 11.9. The van der Waals surface area contributed by atoms with Crippen LogP contribution in [0.1, 0.15) is 129 Å². The van der Waals surface area contributed by atoms with Crippen LogP contribution in [0.2, 0.25) is 0 Å². The fourth-order valence-electron chi connectivity index (χ4n) is 3.55. The Morgan fingerprint density at radius 3 is 1.60 bits per heavy atom. The lowest BCUT2D eigenvalue weighted by Gasteiger charge is -2.21. The minimum atomic E-state index is -1.39.